The molecule has 2 rings (SSSR count). The maximum atomic E-state index is 12.3. The molecule has 2 atom stereocenters. The largest absolute Gasteiger partial charge is 0.339 e. The fraction of sp³-hybridized carbons (Fsp3) is 0.625. The van der Waals surface area contributed by atoms with Crippen LogP contribution in [0, 0.1) is 0 Å². The van der Waals surface area contributed by atoms with Crippen LogP contribution < -0.4 is 5.73 Å². The van der Waals surface area contributed by atoms with Gasteiger partial charge in [-0.3, -0.25) is 14.7 Å². The van der Waals surface area contributed by atoms with E-state index >= 15 is 0 Å². The van der Waals surface area contributed by atoms with Crippen LogP contribution in [0.25, 0.3) is 0 Å². The molecule has 2 N–H and O–H groups in total. The Hall–Kier alpha value is -1.11. The van der Waals surface area contributed by atoms with Crippen molar-refractivity contribution in [3.63, 3.8) is 0 Å². The Morgan fingerprint density at radius 1 is 1.41 bits per heavy atom. The zero-order chi connectivity index (χ0) is 15.9. The number of aromatic nitrogens is 1. The van der Waals surface area contributed by atoms with Gasteiger partial charge in [0.15, 0.2) is 0 Å². The smallest absolute Gasteiger partial charge is 0.239 e. The van der Waals surface area contributed by atoms with Gasteiger partial charge in [0.25, 0.3) is 0 Å². The third-order valence-corrected chi connectivity index (χ3v) is 4.93. The molecule has 0 aliphatic carbocycles. The molecule has 1 aromatic heterocycles. The average molecular weight is 322 g/mol. The first-order valence-corrected chi connectivity index (χ1v) is 9.20. The van der Waals surface area contributed by atoms with Crippen LogP contribution >= 0.6 is 11.8 Å². The molecule has 6 heteroatoms. The summed E-state index contributed by atoms with van der Waals surface area (Å²) in [5.74, 6) is 1.04. The van der Waals surface area contributed by atoms with E-state index in [1.54, 1.807) is 18.0 Å². The van der Waals surface area contributed by atoms with E-state index in [0.717, 1.165) is 38.4 Å². The molecule has 122 valence electrons. The molecular formula is C16H26N4OS. The monoisotopic (exact) mass is 322 g/mol. The third-order valence-electron chi connectivity index (χ3n) is 4.29. The maximum absolute atomic E-state index is 12.3. The van der Waals surface area contributed by atoms with Gasteiger partial charge < -0.3 is 10.6 Å². The van der Waals surface area contributed by atoms with Gasteiger partial charge in [0, 0.05) is 44.6 Å². The van der Waals surface area contributed by atoms with Gasteiger partial charge >= 0.3 is 0 Å². The predicted octanol–water partition coefficient (Wildman–Crippen LogP) is 1.37. The summed E-state index contributed by atoms with van der Waals surface area (Å²) in [5, 5.41) is 0. The van der Waals surface area contributed by atoms with Gasteiger partial charge in [0.05, 0.1) is 6.04 Å². The number of hydrogen-bond donors (Lipinski definition) is 1. The van der Waals surface area contributed by atoms with Gasteiger partial charge in [-0.2, -0.15) is 11.8 Å². The lowest BCUT2D eigenvalue weighted by molar-refractivity contribution is -0.134. The van der Waals surface area contributed by atoms with E-state index in [2.05, 4.69) is 22.9 Å². The van der Waals surface area contributed by atoms with Crippen molar-refractivity contribution in [3.8, 4) is 0 Å². The summed E-state index contributed by atoms with van der Waals surface area (Å²) in [7, 11) is 0. The first-order chi connectivity index (χ1) is 10.6. The Labute approximate surface area is 137 Å². The van der Waals surface area contributed by atoms with Crippen LogP contribution in [0.3, 0.4) is 0 Å². The number of amides is 1. The quantitative estimate of drug-likeness (QED) is 0.857. The Morgan fingerprint density at radius 3 is 2.73 bits per heavy atom. The molecule has 0 bridgehead atoms. The minimum atomic E-state index is -0.352. The SMILES string of the molecule is CSCC[C@H](N)C(=O)N1CCN([C@H](C)c2cccnc2)CC1. The number of rotatable bonds is 6. The van der Waals surface area contributed by atoms with Crippen molar-refractivity contribution in [1.29, 1.82) is 0 Å². The standard InChI is InChI=1S/C16H26N4OS/c1-13(14-4-3-6-18-12-14)19-7-9-20(10-8-19)16(21)15(17)5-11-22-2/h3-4,6,12-13,15H,5,7-11,17H2,1-2H3/t13-,15+/m1/s1. The van der Waals surface area contributed by atoms with Crippen LogP contribution in [-0.4, -0.2) is 64.9 Å². The molecule has 5 nitrogen and oxygen atoms in total. The molecule has 0 unspecified atom stereocenters. The molecule has 0 spiro atoms. The summed E-state index contributed by atoms with van der Waals surface area (Å²) in [5.41, 5.74) is 7.21. The van der Waals surface area contributed by atoms with Crippen molar-refractivity contribution in [1.82, 2.24) is 14.8 Å². The van der Waals surface area contributed by atoms with Crippen LogP contribution in [0.15, 0.2) is 24.5 Å². The summed E-state index contributed by atoms with van der Waals surface area (Å²) in [4.78, 5) is 20.8. The molecule has 1 saturated heterocycles. The third kappa shape index (κ3) is 4.44. The summed E-state index contributed by atoms with van der Waals surface area (Å²) in [6, 6.07) is 4.05. The zero-order valence-electron chi connectivity index (χ0n) is 13.4. The highest BCUT2D eigenvalue weighted by Crippen LogP contribution is 2.20. The molecule has 0 saturated carbocycles. The van der Waals surface area contributed by atoms with E-state index in [9.17, 15) is 4.79 Å². The normalized spacial score (nSPS) is 19.0. The van der Waals surface area contributed by atoms with E-state index in [0.29, 0.717) is 6.04 Å². The maximum Gasteiger partial charge on any atom is 0.239 e. The highest BCUT2D eigenvalue weighted by atomic mass is 32.2. The number of thioether (sulfide) groups is 1. The summed E-state index contributed by atoms with van der Waals surface area (Å²) in [6.07, 6.45) is 6.51. The Kier molecular flexibility index (Phi) is 6.67. The lowest BCUT2D eigenvalue weighted by Gasteiger charge is -2.39. The number of hydrogen-bond acceptors (Lipinski definition) is 5. The van der Waals surface area contributed by atoms with Crippen molar-refractivity contribution < 1.29 is 4.79 Å². The molecule has 0 aromatic carbocycles. The van der Waals surface area contributed by atoms with Gasteiger partial charge in [0.2, 0.25) is 5.91 Å². The lowest BCUT2D eigenvalue weighted by atomic mass is 10.1. The topological polar surface area (TPSA) is 62.5 Å². The lowest BCUT2D eigenvalue weighted by Crippen LogP contribution is -2.53. The van der Waals surface area contributed by atoms with Crippen molar-refractivity contribution in [2.45, 2.75) is 25.4 Å². The van der Waals surface area contributed by atoms with E-state index in [-0.39, 0.29) is 11.9 Å². The first-order valence-electron chi connectivity index (χ1n) is 7.80. The Bertz CT molecular complexity index is 462. The molecule has 22 heavy (non-hydrogen) atoms. The van der Waals surface area contributed by atoms with Crippen molar-refractivity contribution in [3.05, 3.63) is 30.1 Å². The van der Waals surface area contributed by atoms with Gasteiger partial charge in [-0.25, -0.2) is 0 Å². The molecule has 1 fully saturated rings. The van der Waals surface area contributed by atoms with Gasteiger partial charge in [0.1, 0.15) is 0 Å². The fourth-order valence-electron chi connectivity index (χ4n) is 2.77. The number of carbonyl (C=O) groups is 1. The summed E-state index contributed by atoms with van der Waals surface area (Å²) in [6.45, 7) is 5.49. The average Bonchev–Trinajstić information content (AvgIpc) is 2.59. The number of nitrogens with zero attached hydrogens (tertiary/aromatic N) is 3. The van der Waals surface area contributed by atoms with Crippen LogP contribution in [0.4, 0.5) is 0 Å². The van der Waals surface area contributed by atoms with Crippen LogP contribution in [0.2, 0.25) is 0 Å². The minimum absolute atomic E-state index is 0.0998. The van der Waals surface area contributed by atoms with Crippen molar-refractivity contribution in [2.75, 3.05) is 38.2 Å². The number of pyridine rings is 1. The zero-order valence-corrected chi connectivity index (χ0v) is 14.3. The molecular weight excluding hydrogens is 296 g/mol. The first kappa shape index (κ1) is 17.2. The predicted molar refractivity (Wildman–Crippen MR) is 91.8 cm³/mol. The molecule has 1 aliphatic heterocycles. The molecule has 0 radical (unpaired) electrons. The second-order valence-electron chi connectivity index (χ2n) is 5.71. The van der Waals surface area contributed by atoms with Crippen molar-refractivity contribution >= 4 is 17.7 Å². The highest BCUT2D eigenvalue weighted by Gasteiger charge is 2.27. The highest BCUT2D eigenvalue weighted by molar-refractivity contribution is 7.98. The van der Waals surface area contributed by atoms with Gasteiger partial charge in [-0.15, -0.1) is 0 Å². The van der Waals surface area contributed by atoms with Crippen LogP contribution in [-0.2, 0) is 4.79 Å². The second kappa shape index (κ2) is 8.50. The second-order valence-corrected chi connectivity index (χ2v) is 6.70. The van der Waals surface area contributed by atoms with E-state index in [1.165, 1.54) is 5.56 Å². The molecule has 1 aromatic rings. The van der Waals surface area contributed by atoms with Crippen LogP contribution in [0.1, 0.15) is 24.9 Å². The molecule has 1 amide bonds. The van der Waals surface area contributed by atoms with E-state index in [4.69, 9.17) is 5.73 Å². The Morgan fingerprint density at radius 2 is 2.14 bits per heavy atom. The van der Waals surface area contributed by atoms with E-state index in [1.807, 2.05) is 23.4 Å². The minimum Gasteiger partial charge on any atom is -0.339 e. The van der Waals surface area contributed by atoms with Gasteiger partial charge in [-0.1, -0.05) is 6.07 Å². The number of nitrogens with two attached hydrogens (primary N) is 1. The fourth-order valence-corrected chi connectivity index (χ4v) is 3.26. The Balaban J connectivity index is 1.84. The summed E-state index contributed by atoms with van der Waals surface area (Å²) < 4.78 is 0. The number of piperazine rings is 1. The van der Waals surface area contributed by atoms with E-state index < -0.39 is 0 Å². The van der Waals surface area contributed by atoms with Gasteiger partial charge in [-0.05, 0) is 37.0 Å². The molecule has 1 aliphatic rings. The number of carbonyl (C=O) groups excluding carboxylic acids is 1. The summed E-state index contributed by atoms with van der Waals surface area (Å²) >= 11 is 1.73. The van der Waals surface area contributed by atoms with Crippen molar-refractivity contribution in [2.24, 2.45) is 5.73 Å². The van der Waals surface area contributed by atoms with Crippen LogP contribution in [0.5, 0.6) is 0 Å². The molecule has 2 heterocycles.